The van der Waals surface area contributed by atoms with Gasteiger partial charge in [0, 0.05) is 12.8 Å². The number of ether oxygens (including phenoxy) is 2. The number of aliphatic hydroxyl groups is 2. The molecule has 2 aromatic rings. The van der Waals surface area contributed by atoms with Gasteiger partial charge in [0.25, 0.3) is 0 Å². The normalized spacial score (nSPS) is 13.3. The molecular formula is C18H22O6. The molecule has 2 atom stereocenters. The number of aliphatic hydroxyl groups excluding tert-OH is 2. The van der Waals surface area contributed by atoms with Crippen molar-refractivity contribution in [2.75, 3.05) is 14.2 Å². The molecule has 4 N–H and O–H groups in total. The lowest BCUT2D eigenvalue weighted by Crippen LogP contribution is -2.30. The zero-order valence-electron chi connectivity index (χ0n) is 13.6. The molecule has 0 radical (unpaired) electrons. The molecule has 0 bridgehead atoms. The van der Waals surface area contributed by atoms with Crippen molar-refractivity contribution in [2.24, 2.45) is 0 Å². The maximum absolute atomic E-state index is 10.2. The van der Waals surface area contributed by atoms with E-state index < -0.39 is 12.2 Å². The summed E-state index contributed by atoms with van der Waals surface area (Å²) in [6, 6.07) is 9.54. The summed E-state index contributed by atoms with van der Waals surface area (Å²) in [5.41, 5.74) is 1.47. The number of methoxy groups -OCH3 is 2. The third kappa shape index (κ3) is 4.31. The highest BCUT2D eigenvalue weighted by molar-refractivity contribution is 5.43. The van der Waals surface area contributed by atoms with Crippen LogP contribution in [0.1, 0.15) is 11.1 Å². The molecule has 0 heterocycles. The molecule has 0 aromatic heterocycles. The van der Waals surface area contributed by atoms with E-state index in [1.807, 2.05) is 0 Å². The van der Waals surface area contributed by atoms with Crippen molar-refractivity contribution in [1.29, 1.82) is 0 Å². The topological polar surface area (TPSA) is 99.4 Å². The Morgan fingerprint density at radius 2 is 1.12 bits per heavy atom. The SMILES string of the molecule is COc1cc(C[C@H](O)[C@@H](O)Cc2ccc(O)c(OC)c2)ccc1O. The van der Waals surface area contributed by atoms with Crippen LogP contribution in [0.25, 0.3) is 0 Å². The van der Waals surface area contributed by atoms with Crippen LogP contribution < -0.4 is 9.47 Å². The predicted molar refractivity (Wildman–Crippen MR) is 88.7 cm³/mol. The van der Waals surface area contributed by atoms with E-state index in [0.29, 0.717) is 11.5 Å². The van der Waals surface area contributed by atoms with Gasteiger partial charge in [-0.15, -0.1) is 0 Å². The first kappa shape index (κ1) is 17.9. The number of aromatic hydroxyl groups is 2. The summed E-state index contributed by atoms with van der Waals surface area (Å²) in [4.78, 5) is 0. The second kappa shape index (κ2) is 7.90. The number of hydrogen-bond donors (Lipinski definition) is 4. The van der Waals surface area contributed by atoms with E-state index in [1.54, 1.807) is 24.3 Å². The fraction of sp³-hybridized carbons (Fsp3) is 0.333. The van der Waals surface area contributed by atoms with E-state index in [0.717, 1.165) is 11.1 Å². The lowest BCUT2D eigenvalue weighted by atomic mass is 9.98. The Balaban J connectivity index is 2.03. The van der Waals surface area contributed by atoms with E-state index in [-0.39, 0.29) is 24.3 Å². The van der Waals surface area contributed by atoms with Crippen molar-refractivity contribution in [3.63, 3.8) is 0 Å². The van der Waals surface area contributed by atoms with Crippen LogP contribution in [-0.4, -0.2) is 46.9 Å². The number of benzene rings is 2. The summed E-state index contributed by atoms with van der Waals surface area (Å²) in [7, 11) is 2.89. The van der Waals surface area contributed by atoms with Crippen molar-refractivity contribution in [1.82, 2.24) is 0 Å². The van der Waals surface area contributed by atoms with Crippen LogP contribution >= 0.6 is 0 Å². The van der Waals surface area contributed by atoms with Crippen molar-refractivity contribution >= 4 is 0 Å². The minimum absolute atomic E-state index is 0.0208. The molecule has 2 aromatic carbocycles. The second-order valence-corrected chi connectivity index (χ2v) is 5.56. The molecule has 0 aliphatic heterocycles. The van der Waals surface area contributed by atoms with Crippen LogP contribution in [0.5, 0.6) is 23.0 Å². The van der Waals surface area contributed by atoms with Crippen molar-refractivity contribution in [2.45, 2.75) is 25.0 Å². The number of phenols is 2. The first-order valence-electron chi connectivity index (χ1n) is 7.52. The third-order valence-electron chi connectivity index (χ3n) is 3.82. The second-order valence-electron chi connectivity index (χ2n) is 5.56. The highest BCUT2D eigenvalue weighted by Gasteiger charge is 2.19. The summed E-state index contributed by atoms with van der Waals surface area (Å²) >= 11 is 0. The molecule has 0 saturated heterocycles. The molecule has 0 fully saturated rings. The molecular weight excluding hydrogens is 312 g/mol. The van der Waals surface area contributed by atoms with Crippen LogP contribution in [0, 0.1) is 0 Å². The minimum atomic E-state index is -0.987. The van der Waals surface area contributed by atoms with Gasteiger partial charge < -0.3 is 29.9 Å². The molecule has 0 spiro atoms. The quantitative estimate of drug-likeness (QED) is 0.614. The van der Waals surface area contributed by atoms with Gasteiger partial charge in [0.05, 0.1) is 26.4 Å². The van der Waals surface area contributed by atoms with E-state index in [1.165, 1.54) is 26.4 Å². The number of hydrogen-bond acceptors (Lipinski definition) is 6. The van der Waals surface area contributed by atoms with E-state index >= 15 is 0 Å². The maximum atomic E-state index is 10.2. The molecule has 0 amide bonds. The van der Waals surface area contributed by atoms with Crippen LogP contribution in [0.4, 0.5) is 0 Å². The van der Waals surface area contributed by atoms with Gasteiger partial charge >= 0.3 is 0 Å². The van der Waals surface area contributed by atoms with Gasteiger partial charge in [-0.3, -0.25) is 0 Å². The van der Waals surface area contributed by atoms with Crippen molar-refractivity contribution in [3.8, 4) is 23.0 Å². The molecule has 2 rings (SSSR count). The Morgan fingerprint density at radius 1 is 0.750 bits per heavy atom. The van der Waals surface area contributed by atoms with Gasteiger partial charge in [0.2, 0.25) is 0 Å². The van der Waals surface area contributed by atoms with Gasteiger partial charge in [-0.25, -0.2) is 0 Å². The third-order valence-corrected chi connectivity index (χ3v) is 3.82. The lowest BCUT2D eigenvalue weighted by molar-refractivity contribution is 0.0205. The van der Waals surface area contributed by atoms with E-state index in [9.17, 15) is 20.4 Å². The first-order chi connectivity index (χ1) is 11.4. The van der Waals surface area contributed by atoms with Crippen molar-refractivity contribution in [3.05, 3.63) is 47.5 Å². The fourth-order valence-corrected chi connectivity index (χ4v) is 2.45. The Kier molecular flexibility index (Phi) is 5.89. The molecule has 0 aliphatic carbocycles. The largest absolute Gasteiger partial charge is 0.504 e. The van der Waals surface area contributed by atoms with Gasteiger partial charge in [0.15, 0.2) is 23.0 Å². The lowest BCUT2D eigenvalue weighted by Gasteiger charge is -2.19. The van der Waals surface area contributed by atoms with Crippen LogP contribution in [0.3, 0.4) is 0 Å². The Bertz CT molecular complexity index is 626. The van der Waals surface area contributed by atoms with Crippen molar-refractivity contribution < 1.29 is 29.9 Å². The smallest absolute Gasteiger partial charge is 0.160 e. The molecule has 0 aliphatic rings. The van der Waals surface area contributed by atoms with Gasteiger partial charge in [-0.05, 0) is 35.4 Å². The summed E-state index contributed by atoms with van der Waals surface area (Å²) < 4.78 is 10.1. The molecule has 0 saturated carbocycles. The van der Waals surface area contributed by atoms with Crippen LogP contribution in [0.2, 0.25) is 0 Å². The number of phenolic OH excluding ortho intramolecular Hbond substituents is 2. The standard InChI is InChI=1S/C18H22O6/c1-23-17-9-11(3-5-13(17)19)7-15(21)16(22)8-12-4-6-14(20)18(10-12)24-2/h3-6,9-10,15-16,19-22H,7-8H2,1-2H3/t15-,16-/m0/s1. The van der Waals surface area contributed by atoms with E-state index in [2.05, 4.69) is 0 Å². The summed E-state index contributed by atoms with van der Waals surface area (Å²) in [5.74, 6) is 0.676. The average molecular weight is 334 g/mol. The predicted octanol–water partition coefficient (Wildman–Crippen LogP) is 1.62. The molecule has 0 unspecified atom stereocenters. The number of rotatable bonds is 7. The highest BCUT2D eigenvalue weighted by atomic mass is 16.5. The zero-order valence-corrected chi connectivity index (χ0v) is 13.6. The maximum Gasteiger partial charge on any atom is 0.160 e. The summed E-state index contributed by atoms with van der Waals surface area (Å²) in [5, 5.41) is 39.6. The Labute approximate surface area is 140 Å². The van der Waals surface area contributed by atoms with Gasteiger partial charge in [-0.2, -0.15) is 0 Å². The summed E-state index contributed by atoms with van der Waals surface area (Å²) in [6.07, 6.45) is -1.54. The Hall–Kier alpha value is -2.44. The molecule has 130 valence electrons. The van der Waals surface area contributed by atoms with Gasteiger partial charge in [0.1, 0.15) is 0 Å². The first-order valence-corrected chi connectivity index (χ1v) is 7.52. The monoisotopic (exact) mass is 334 g/mol. The zero-order chi connectivity index (χ0) is 17.7. The summed E-state index contributed by atoms with van der Waals surface area (Å²) in [6.45, 7) is 0. The molecule has 24 heavy (non-hydrogen) atoms. The molecule has 6 nitrogen and oxygen atoms in total. The fourth-order valence-electron chi connectivity index (χ4n) is 2.45. The van der Waals surface area contributed by atoms with E-state index in [4.69, 9.17) is 9.47 Å². The Morgan fingerprint density at radius 3 is 1.46 bits per heavy atom. The van der Waals surface area contributed by atoms with Crippen LogP contribution in [0.15, 0.2) is 36.4 Å². The average Bonchev–Trinajstić information content (AvgIpc) is 2.58. The minimum Gasteiger partial charge on any atom is -0.504 e. The molecule has 6 heteroatoms. The van der Waals surface area contributed by atoms with Crippen LogP contribution in [-0.2, 0) is 12.8 Å². The van der Waals surface area contributed by atoms with Gasteiger partial charge in [-0.1, -0.05) is 12.1 Å². The highest BCUT2D eigenvalue weighted by Crippen LogP contribution is 2.28.